The van der Waals surface area contributed by atoms with Gasteiger partial charge in [0.05, 0.1) is 35.7 Å². The number of fused-ring (bicyclic) bond motifs is 2. The third-order valence-corrected chi connectivity index (χ3v) is 12.6. The van der Waals surface area contributed by atoms with E-state index in [1.165, 1.54) is 42.1 Å². The Morgan fingerprint density at radius 2 is 1.22 bits per heavy atom. The Bertz CT molecular complexity index is 2950. The number of hydrogen-bond acceptors (Lipinski definition) is 20. The quantitative estimate of drug-likeness (QED) is 0.0685. The third kappa shape index (κ3) is 9.86. The van der Waals surface area contributed by atoms with E-state index in [9.17, 15) is 29.7 Å². The average Bonchev–Trinajstić information content (AvgIpc) is 4.08. The number of aryl methyl sites for hydroxylation is 3. The molecule has 0 saturated carbocycles. The number of nitrogens with two attached hydrogens (primary N) is 1. The molecule has 0 amide bonds. The Labute approximate surface area is 399 Å². The van der Waals surface area contributed by atoms with Crippen molar-refractivity contribution < 1.29 is 53.4 Å². The van der Waals surface area contributed by atoms with Crippen LogP contribution >= 0.6 is 11.8 Å². The minimum Gasteiger partial charge on any atom is -0.459 e. The number of thioether (sulfide) groups is 1. The summed E-state index contributed by atoms with van der Waals surface area (Å²) in [5.74, 6) is -1.11. The molecule has 2 fully saturated rings. The zero-order valence-electron chi connectivity index (χ0n) is 38.5. The van der Waals surface area contributed by atoms with Crippen LogP contribution in [0, 0.1) is 20.8 Å². The second kappa shape index (κ2) is 20.4. The van der Waals surface area contributed by atoms with Crippen LogP contribution in [-0.2, 0) is 23.7 Å². The van der Waals surface area contributed by atoms with E-state index in [-0.39, 0.29) is 35.8 Å². The fraction of sp³-hybridized carbons (Fsp3) is 0.340. The second-order valence-electron chi connectivity index (χ2n) is 16.8. The number of benzene rings is 3. The van der Waals surface area contributed by atoms with Crippen molar-refractivity contribution in [2.24, 2.45) is 0 Å². The molecule has 0 bridgehead atoms. The molecule has 3 aromatic carbocycles. The minimum absolute atomic E-state index is 0. The number of esters is 3. The second-order valence-corrected chi connectivity index (χ2v) is 17.6. The van der Waals surface area contributed by atoms with Crippen LogP contribution in [0.2, 0.25) is 0 Å². The lowest BCUT2D eigenvalue weighted by molar-refractivity contribution is -0.0907. The molecule has 21 nitrogen and oxygen atoms in total. The van der Waals surface area contributed by atoms with Crippen LogP contribution < -0.4 is 11.9 Å². The Kier molecular flexibility index (Phi) is 14.7. The highest BCUT2D eigenvalue weighted by atomic mass is 32.2. The van der Waals surface area contributed by atoms with Crippen molar-refractivity contribution >= 4 is 46.5 Å². The predicted molar refractivity (Wildman–Crippen MR) is 249 cm³/mol. The molecule has 22 heteroatoms. The number of nitrogen functional groups attached to an aromatic ring is 1. The average molecular weight is 965 g/mol. The summed E-state index contributed by atoms with van der Waals surface area (Å²) in [6.45, 7) is 8.05. The van der Waals surface area contributed by atoms with Crippen molar-refractivity contribution in [2.75, 3.05) is 25.2 Å². The molecule has 8 N–H and O–H groups in total. The molecule has 0 unspecified atom stereocenters. The highest BCUT2D eigenvalue weighted by Crippen LogP contribution is 2.47. The summed E-state index contributed by atoms with van der Waals surface area (Å²) in [6.07, 6.45) is 1.12. The van der Waals surface area contributed by atoms with Crippen molar-refractivity contribution in [1.82, 2.24) is 45.3 Å². The SMILES string of the molecule is CSc1ncnn2c([C@@H]3O[C@H](COC(=O)c4ccc(C)cc4)[C@@H](OC(=O)c4ccc(C)cc4)[C@@]3(C)OC(=O)c3ccc(C)cc3)ncc12.C[C@@]1(O)[C@H](O)[C@@H](CO)O[C@H]1c1ncc2c(N)ncnn12.N. The number of hydrogen-bond donors (Lipinski definition) is 5. The fourth-order valence-electron chi connectivity index (χ4n) is 7.98. The summed E-state index contributed by atoms with van der Waals surface area (Å²) in [5, 5.41) is 38.7. The molecule has 362 valence electrons. The molecule has 0 radical (unpaired) electrons. The maximum Gasteiger partial charge on any atom is 0.338 e. The fourth-order valence-corrected chi connectivity index (χ4v) is 8.48. The maximum atomic E-state index is 13.8. The van der Waals surface area contributed by atoms with E-state index in [1.54, 1.807) is 90.4 Å². The van der Waals surface area contributed by atoms with Crippen molar-refractivity contribution in [3.05, 3.63) is 143 Å². The highest BCUT2D eigenvalue weighted by Gasteiger charge is 2.61. The number of imidazole rings is 2. The molecule has 7 aromatic rings. The Morgan fingerprint density at radius 3 is 1.77 bits per heavy atom. The first-order valence-corrected chi connectivity index (χ1v) is 22.6. The Hall–Kier alpha value is -6.92. The van der Waals surface area contributed by atoms with Gasteiger partial charge in [0, 0.05) is 0 Å². The molecule has 2 saturated heterocycles. The summed E-state index contributed by atoms with van der Waals surface area (Å²) in [4.78, 5) is 57.4. The van der Waals surface area contributed by atoms with Gasteiger partial charge < -0.3 is 50.9 Å². The van der Waals surface area contributed by atoms with Gasteiger partial charge in [0.15, 0.2) is 35.3 Å². The van der Waals surface area contributed by atoms with Gasteiger partial charge in [0.2, 0.25) is 0 Å². The zero-order chi connectivity index (χ0) is 48.5. The maximum absolute atomic E-state index is 13.8. The standard InChI is InChI=1S/C36H34N4O7S.C11H15N5O4.H3N/c1-21-6-12-24(13-7-21)33(41)44-19-28-29(46-34(42)25-14-8-22(2)9-15-25)36(4,47-35(43)26-16-10-23(3)11-17-26)30(45-28)31-37-18-27-32(48-5)38-20-39-40(27)31;1-11(19)7(18)6(3-17)20-8(11)10-13-2-5-9(12)14-4-15-16(5)10;/h6-18,20,28-30H,19H2,1-5H3;2,4,6-8,17-19H,3H2,1H3,(H2,12,14,15);1H3/t28-,29-,30+,36-;6-,7-,8+,11-;/m11./s1. The summed E-state index contributed by atoms with van der Waals surface area (Å²) in [5.41, 5.74) is 7.36. The van der Waals surface area contributed by atoms with Crippen molar-refractivity contribution in [3.8, 4) is 0 Å². The summed E-state index contributed by atoms with van der Waals surface area (Å²) in [6, 6.07) is 20.7. The zero-order valence-corrected chi connectivity index (χ0v) is 39.3. The van der Waals surface area contributed by atoms with E-state index in [0.29, 0.717) is 27.2 Å². The lowest BCUT2D eigenvalue weighted by Gasteiger charge is -2.34. The Morgan fingerprint density at radius 1 is 0.725 bits per heavy atom. The first-order chi connectivity index (χ1) is 32.5. The van der Waals surface area contributed by atoms with Crippen molar-refractivity contribution in [3.63, 3.8) is 0 Å². The molecule has 2 aliphatic rings. The molecule has 6 heterocycles. The van der Waals surface area contributed by atoms with Gasteiger partial charge in [-0.15, -0.1) is 11.8 Å². The molecule has 8 atom stereocenters. The Balaban J connectivity index is 0.000000279. The lowest BCUT2D eigenvalue weighted by Crippen LogP contribution is -2.50. The third-order valence-electron chi connectivity index (χ3n) is 11.9. The monoisotopic (exact) mass is 964 g/mol. The molecule has 4 aromatic heterocycles. The smallest absolute Gasteiger partial charge is 0.338 e. The largest absolute Gasteiger partial charge is 0.459 e. The summed E-state index contributed by atoms with van der Waals surface area (Å²) < 4.78 is 33.2. The van der Waals surface area contributed by atoms with Crippen molar-refractivity contribution in [1.29, 1.82) is 0 Å². The van der Waals surface area contributed by atoms with Gasteiger partial charge in [-0.2, -0.15) is 10.2 Å². The van der Waals surface area contributed by atoms with Gasteiger partial charge >= 0.3 is 17.9 Å². The predicted octanol–water partition coefficient (Wildman–Crippen LogP) is 4.32. The lowest BCUT2D eigenvalue weighted by atomic mass is 9.91. The van der Waals surface area contributed by atoms with E-state index < -0.39 is 72.3 Å². The van der Waals surface area contributed by atoms with Gasteiger partial charge in [-0.1, -0.05) is 53.1 Å². The normalized spacial score (nSPS) is 24.0. The molecular formula is C47H52N10O11S. The van der Waals surface area contributed by atoms with Crippen LogP contribution in [0.3, 0.4) is 0 Å². The molecule has 0 spiro atoms. The van der Waals surface area contributed by atoms with Crippen LogP contribution in [0.1, 0.15) is 85.5 Å². The van der Waals surface area contributed by atoms with Gasteiger partial charge in [-0.05, 0) is 77.3 Å². The van der Waals surface area contributed by atoms with Crippen LogP contribution in [0.25, 0.3) is 11.0 Å². The van der Waals surface area contributed by atoms with E-state index in [1.807, 2.05) is 27.0 Å². The number of carbonyl (C=O) groups excluding carboxylic acids is 3. The van der Waals surface area contributed by atoms with Gasteiger partial charge in [-0.25, -0.2) is 43.4 Å². The van der Waals surface area contributed by atoms with Crippen LogP contribution in [-0.4, -0.2) is 127 Å². The van der Waals surface area contributed by atoms with E-state index in [4.69, 9.17) is 29.4 Å². The number of ether oxygens (including phenoxy) is 5. The molecule has 0 aliphatic carbocycles. The topological polar surface area (TPSA) is 305 Å². The van der Waals surface area contributed by atoms with E-state index in [2.05, 4.69) is 30.1 Å². The molecule has 69 heavy (non-hydrogen) atoms. The summed E-state index contributed by atoms with van der Waals surface area (Å²) >= 11 is 1.42. The highest BCUT2D eigenvalue weighted by molar-refractivity contribution is 7.98. The number of anilines is 1. The number of aliphatic hydroxyl groups is 3. The number of rotatable bonds is 11. The van der Waals surface area contributed by atoms with E-state index in [0.717, 1.165) is 16.7 Å². The first kappa shape index (κ1) is 50.0. The van der Waals surface area contributed by atoms with Crippen LogP contribution in [0.4, 0.5) is 5.82 Å². The summed E-state index contributed by atoms with van der Waals surface area (Å²) in [7, 11) is 0. The number of aliphatic hydroxyl groups excluding tert-OH is 2. The van der Waals surface area contributed by atoms with Crippen LogP contribution in [0.15, 0.2) is 103 Å². The number of nitrogens with zero attached hydrogens (tertiary/aromatic N) is 8. The first-order valence-electron chi connectivity index (χ1n) is 21.3. The van der Waals surface area contributed by atoms with Crippen LogP contribution in [0.5, 0.6) is 0 Å². The van der Waals surface area contributed by atoms with Gasteiger partial charge in [0.1, 0.15) is 65.3 Å². The molecular weight excluding hydrogens is 913 g/mol. The molecule has 2 aliphatic heterocycles. The minimum atomic E-state index is -1.67. The van der Waals surface area contributed by atoms with Gasteiger partial charge in [-0.3, -0.25) is 0 Å². The van der Waals surface area contributed by atoms with Gasteiger partial charge in [0.25, 0.3) is 0 Å². The number of aromatic nitrogens is 8. The molecule has 9 rings (SSSR count). The van der Waals surface area contributed by atoms with Crippen molar-refractivity contribution in [2.45, 2.75) is 87.5 Å². The number of carbonyl (C=O) groups is 3. The van der Waals surface area contributed by atoms with E-state index >= 15 is 0 Å².